The number of carbonyl (C=O) groups excluding carboxylic acids is 1. The molecule has 130 valence electrons. The van der Waals surface area contributed by atoms with Gasteiger partial charge in [-0.15, -0.1) is 0 Å². The largest absolute Gasteiger partial charge is 0.360 e. The molecule has 0 radical (unpaired) electrons. The fraction of sp³-hybridized carbons (Fsp3) is 0.600. The van der Waals surface area contributed by atoms with Crippen LogP contribution in [-0.4, -0.2) is 36.0 Å². The average molecular weight is 327 g/mol. The monoisotopic (exact) mass is 327 g/mol. The van der Waals surface area contributed by atoms with Crippen molar-refractivity contribution in [1.82, 2.24) is 4.90 Å². The van der Waals surface area contributed by atoms with Crippen LogP contribution in [0.4, 0.5) is 5.69 Å². The van der Waals surface area contributed by atoms with E-state index in [4.69, 9.17) is 0 Å². The summed E-state index contributed by atoms with van der Waals surface area (Å²) in [5.41, 5.74) is 1.63. The summed E-state index contributed by atoms with van der Waals surface area (Å²) in [5.74, 6) is 0.0210. The van der Waals surface area contributed by atoms with Gasteiger partial charge in [0.2, 0.25) is 5.91 Å². The Kier molecular flexibility index (Phi) is 5.88. The number of hydrogen-bond donors (Lipinski definition) is 0. The molecule has 1 amide bonds. The number of likely N-dealkylation sites (N-methyl/N-ethyl adjacent to an activating group) is 1. The topological polar surface area (TPSA) is 47.3 Å². The van der Waals surface area contributed by atoms with E-state index in [1.807, 2.05) is 0 Å². The van der Waals surface area contributed by atoms with Gasteiger partial charge in [-0.1, -0.05) is 37.0 Å². The van der Waals surface area contributed by atoms with Gasteiger partial charge in [-0.25, -0.2) is 0 Å². The van der Waals surface area contributed by atoms with E-state index in [1.54, 1.807) is 11.9 Å². The number of carbonyl (C=O) groups is 1. The molecule has 1 aliphatic rings. The van der Waals surface area contributed by atoms with E-state index in [0.717, 1.165) is 37.8 Å². The fourth-order valence-electron chi connectivity index (χ4n) is 3.46. The van der Waals surface area contributed by atoms with Crippen LogP contribution < -0.4 is 4.90 Å². The number of nitrogens with zero attached hydrogens (tertiary/aromatic N) is 3. The van der Waals surface area contributed by atoms with Gasteiger partial charge in [-0.05, 0) is 45.7 Å². The first-order chi connectivity index (χ1) is 11.4. The summed E-state index contributed by atoms with van der Waals surface area (Å²) in [7, 11) is 1.80. The highest BCUT2D eigenvalue weighted by Gasteiger charge is 2.39. The predicted molar refractivity (Wildman–Crippen MR) is 97.9 cm³/mol. The van der Waals surface area contributed by atoms with Crippen LogP contribution in [-0.2, 0) is 4.79 Å². The number of nitriles is 1. The van der Waals surface area contributed by atoms with Crippen LogP contribution in [0.5, 0.6) is 0 Å². The van der Waals surface area contributed by atoms with Gasteiger partial charge in [0.1, 0.15) is 5.54 Å². The molecular weight excluding hydrogens is 298 g/mol. The molecule has 0 atom stereocenters. The first-order valence-corrected chi connectivity index (χ1v) is 8.91. The van der Waals surface area contributed by atoms with Crippen molar-refractivity contribution in [3.63, 3.8) is 0 Å². The third-order valence-corrected chi connectivity index (χ3v) is 5.20. The molecule has 24 heavy (non-hydrogen) atoms. The van der Waals surface area contributed by atoms with Crippen molar-refractivity contribution >= 4 is 11.6 Å². The summed E-state index contributed by atoms with van der Waals surface area (Å²) >= 11 is 0. The molecule has 0 N–H and O–H groups in total. The normalized spacial score (nSPS) is 16.5. The minimum absolute atomic E-state index is 0.0210. The van der Waals surface area contributed by atoms with E-state index in [-0.39, 0.29) is 11.9 Å². The SMILES string of the molecule is Cc1ccc(N(CC(=O)N(C)C2(C#N)CCCCC2)C(C)C)cc1. The first kappa shape index (κ1) is 18.3. The number of rotatable bonds is 5. The minimum Gasteiger partial charge on any atom is -0.360 e. The van der Waals surface area contributed by atoms with Crippen LogP contribution in [0.15, 0.2) is 24.3 Å². The maximum atomic E-state index is 12.9. The van der Waals surface area contributed by atoms with Gasteiger partial charge in [0.25, 0.3) is 0 Å². The Morgan fingerprint density at radius 2 is 1.79 bits per heavy atom. The fourth-order valence-corrected chi connectivity index (χ4v) is 3.46. The second-order valence-corrected chi connectivity index (χ2v) is 7.21. The van der Waals surface area contributed by atoms with Crippen molar-refractivity contribution < 1.29 is 4.79 Å². The van der Waals surface area contributed by atoms with Gasteiger partial charge in [0, 0.05) is 18.8 Å². The summed E-state index contributed by atoms with van der Waals surface area (Å²) in [6, 6.07) is 10.9. The van der Waals surface area contributed by atoms with E-state index in [9.17, 15) is 10.1 Å². The van der Waals surface area contributed by atoms with Crippen LogP contribution in [0.25, 0.3) is 0 Å². The third-order valence-electron chi connectivity index (χ3n) is 5.20. The quantitative estimate of drug-likeness (QED) is 0.824. The molecule has 4 nitrogen and oxygen atoms in total. The summed E-state index contributed by atoms with van der Waals surface area (Å²) in [5, 5.41) is 9.69. The lowest BCUT2D eigenvalue weighted by Crippen LogP contribution is -2.53. The maximum Gasteiger partial charge on any atom is 0.243 e. The van der Waals surface area contributed by atoms with Crippen molar-refractivity contribution in [2.24, 2.45) is 0 Å². The molecule has 0 unspecified atom stereocenters. The molecular formula is C20H29N3O. The summed E-state index contributed by atoms with van der Waals surface area (Å²) in [6.45, 7) is 6.55. The molecule has 1 saturated carbocycles. The average Bonchev–Trinajstić information content (AvgIpc) is 2.60. The molecule has 0 heterocycles. The Labute approximate surface area is 146 Å². The van der Waals surface area contributed by atoms with Crippen molar-refractivity contribution in [2.75, 3.05) is 18.5 Å². The third kappa shape index (κ3) is 3.90. The Balaban J connectivity index is 2.15. The van der Waals surface area contributed by atoms with Crippen LogP contribution >= 0.6 is 0 Å². The van der Waals surface area contributed by atoms with Gasteiger partial charge in [-0.2, -0.15) is 5.26 Å². The Bertz CT molecular complexity index is 594. The van der Waals surface area contributed by atoms with Gasteiger partial charge in [0.15, 0.2) is 0 Å². The number of amides is 1. The Morgan fingerprint density at radius 1 is 1.21 bits per heavy atom. The number of anilines is 1. The van der Waals surface area contributed by atoms with Gasteiger partial charge in [-0.3, -0.25) is 4.79 Å². The second kappa shape index (κ2) is 7.70. The van der Waals surface area contributed by atoms with Crippen molar-refractivity contribution in [2.45, 2.75) is 64.5 Å². The zero-order chi connectivity index (χ0) is 17.7. The first-order valence-electron chi connectivity index (χ1n) is 8.91. The zero-order valence-electron chi connectivity index (χ0n) is 15.4. The molecule has 1 aromatic carbocycles. The Morgan fingerprint density at radius 3 is 2.29 bits per heavy atom. The van der Waals surface area contributed by atoms with E-state index in [2.05, 4.69) is 56.0 Å². The molecule has 1 fully saturated rings. The summed E-state index contributed by atoms with van der Waals surface area (Å²) < 4.78 is 0. The second-order valence-electron chi connectivity index (χ2n) is 7.21. The highest BCUT2D eigenvalue weighted by Crippen LogP contribution is 2.32. The maximum absolute atomic E-state index is 12.9. The lowest BCUT2D eigenvalue weighted by atomic mass is 9.81. The molecule has 1 aliphatic carbocycles. The van der Waals surface area contributed by atoms with Crippen LogP contribution in [0.1, 0.15) is 51.5 Å². The van der Waals surface area contributed by atoms with Crippen LogP contribution in [0, 0.1) is 18.3 Å². The summed E-state index contributed by atoms with van der Waals surface area (Å²) in [4.78, 5) is 16.7. The number of aryl methyl sites for hydroxylation is 1. The molecule has 2 rings (SSSR count). The molecule has 0 spiro atoms. The van der Waals surface area contributed by atoms with Crippen LogP contribution in [0.2, 0.25) is 0 Å². The zero-order valence-corrected chi connectivity index (χ0v) is 15.4. The van der Waals surface area contributed by atoms with E-state index >= 15 is 0 Å². The molecule has 0 saturated heterocycles. The summed E-state index contributed by atoms with van der Waals surface area (Å²) in [6.07, 6.45) is 4.79. The van der Waals surface area contributed by atoms with Crippen molar-refractivity contribution in [3.8, 4) is 6.07 Å². The number of benzene rings is 1. The van der Waals surface area contributed by atoms with Crippen molar-refractivity contribution in [3.05, 3.63) is 29.8 Å². The smallest absolute Gasteiger partial charge is 0.243 e. The minimum atomic E-state index is -0.620. The highest BCUT2D eigenvalue weighted by molar-refractivity contribution is 5.82. The van der Waals surface area contributed by atoms with E-state index < -0.39 is 5.54 Å². The van der Waals surface area contributed by atoms with E-state index in [1.165, 1.54) is 5.56 Å². The predicted octanol–water partition coefficient (Wildman–Crippen LogP) is 3.89. The molecule has 0 bridgehead atoms. The van der Waals surface area contributed by atoms with E-state index in [0.29, 0.717) is 6.54 Å². The number of hydrogen-bond acceptors (Lipinski definition) is 3. The van der Waals surface area contributed by atoms with Crippen molar-refractivity contribution in [1.29, 1.82) is 5.26 Å². The lowest BCUT2D eigenvalue weighted by molar-refractivity contribution is -0.133. The molecule has 0 aromatic heterocycles. The molecule has 1 aromatic rings. The highest BCUT2D eigenvalue weighted by atomic mass is 16.2. The lowest BCUT2D eigenvalue weighted by Gasteiger charge is -2.40. The van der Waals surface area contributed by atoms with Gasteiger partial charge < -0.3 is 9.80 Å². The van der Waals surface area contributed by atoms with Gasteiger partial charge in [0.05, 0.1) is 12.6 Å². The molecule has 0 aliphatic heterocycles. The van der Waals surface area contributed by atoms with Gasteiger partial charge >= 0.3 is 0 Å². The Hall–Kier alpha value is -2.02. The molecule has 4 heteroatoms. The standard InChI is InChI=1S/C20H29N3O/c1-16(2)23(18-10-8-17(3)9-11-18)14-19(24)22(4)20(15-21)12-6-5-7-13-20/h8-11,16H,5-7,12-14H2,1-4H3. The van der Waals surface area contributed by atoms with Crippen LogP contribution in [0.3, 0.4) is 0 Å².